The molecule has 1 saturated heterocycles. The Morgan fingerprint density at radius 1 is 0.878 bits per heavy atom. The van der Waals surface area contributed by atoms with Gasteiger partial charge in [-0.25, -0.2) is 28.1 Å². The van der Waals surface area contributed by atoms with Gasteiger partial charge in [-0.1, -0.05) is 82.9 Å². The summed E-state index contributed by atoms with van der Waals surface area (Å²) in [7, 11) is -4.21. The highest BCUT2D eigenvalue weighted by Gasteiger charge is 2.45. The molecule has 436 valence electrons. The Morgan fingerprint density at radius 3 is 2.35 bits per heavy atom. The van der Waals surface area contributed by atoms with Gasteiger partial charge in [0.25, 0.3) is 11.8 Å². The number of β-amino-alcohol motifs (C(OH)–C–C–N with tert-alkyl or cyclic N) is 1. The first kappa shape index (κ1) is 59.7. The molecule has 2 fully saturated rings. The van der Waals surface area contributed by atoms with Crippen molar-refractivity contribution in [2.75, 3.05) is 29.1 Å². The zero-order chi connectivity index (χ0) is 58.5. The fourth-order valence-corrected chi connectivity index (χ4v) is 13.9. The number of aliphatic hydroxyl groups excluding tert-OH is 1. The normalized spacial score (nSPS) is 17.5. The van der Waals surface area contributed by atoms with E-state index in [2.05, 4.69) is 30.6 Å². The second kappa shape index (κ2) is 25.7. The maximum absolute atomic E-state index is 14.4. The van der Waals surface area contributed by atoms with Gasteiger partial charge in [0.15, 0.2) is 5.13 Å². The lowest BCUT2D eigenvalue weighted by Crippen LogP contribution is -2.57. The molecule has 22 heteroatoms. The van der Waals surface area contributed by atoms with Gasteiger partial charge in [0.2, 0.25) is 27.7 Å². The van der Waals surface area contributed by atoms with Gasteiger partial charge in [0.1, 0.15) is 23.6 Å². The van der Waals surface area contributed by atoms with Crippen molar-refractivity contribution in [3.63, 3.8) is 0 Å². The zero-order valence-electron chi connectivity index (χ0n) is 47.8. The van der Waals surface area contributed by atoms with Gasteiger partial charge in [0.05, 0.1) is 45.9 Å². The Kier molecular flexibility index (Phi) is 18.7. The van der Waals surface area contributed by atoms with Crippen LogP contribution in [0.4, 0.5) is 10.9 Å². The van der Waals surface area contributed by atoms with Crippen molar-refractivity contribution in [1.29, 1.82) is 0 Å². The first-order valence-electron chi connectivity index (χ1n) is 28.4. The Labute approximate surface area is 488 Å². The molecule has 5 amide bonds. The Bertz CT molecular complexity index is 3420. The molecule has 5 N–H and O–H groups in total. The van der Waals surface area contributed by atoms with Crippen LogP contribution in [0.5, 0.6) is 0 Å². The molecule has 0 unspecified atom stereocenters. The van der Waals surface area contributed by atoms with Gasteiger partial charge in [0, 0.05) is 66.8 Å². The summed E-state index contributed by atoms with van der Waals surface area (Å²) in [6.07, 6.45) is 7.99. The van der Waals surface area contributed by atoms with Gasteiger partial charge >= 0.3 is 0 Å². The highest BCUT2D eigenvalue weighted by atomic mass is 32.2. The monoisotopic (exact) mass is 1170 g/mol. The molecule has 4 aromatic heterocycles. The first-order valence-corrected chi connectivity index (χ1v) is 31.8. The summed E-state index contributed by atoms with van der Waals surface area (Å²) in [5.74, 6) is -1.96. The highest BCUT2D eigenvalue weighted by Crippen LogP contribution is 2.35. The van der Waals surface area contributed by atoms with Crippen molar-refractivity contribution in [1.82, 2.24) is 45.0 Å². The molecule has 9 rings (SSSR count). The summed E-state index contributed by atoms with van der Waals surface area (Å²) >= 11 is 2.91. The third kappa shape index (κ3) is 14.3. The van der Waals surface area contributed by atoms with Crippen molar-refractivity contribution in [2.45, 2.75) is 156 Å². The van der Waals surface area contributed by atoms with E-state index in [9.17, 15) is 37.5 Å². The lowest BCUT2D eigenvalue weighted by molar-refractivity contribution is -0.144. The number of unbranched alkanes of at least 4 members (excludes halogenated alkanes) is 2. The molecule has 1 saturated carbocycles. The summed E-state index contributed by atoms with van der Waals surface area (Å²) in [6, 6.07) is 14.7. The molecule has 6 heterocycles. The number of nitrogens with zero attached hydrogens (tertiary/aromatic N) is 7. The number of aliphatic hydroxyl groups is 1. The number of nitrogens with one attached hydrogen (secondary N) is 4. The van der Waals surface area contributed by atoms with Crippen molar-refractivity contribution in [3.8, 4) is 21.6 Å². The number of pyridine rings is 1. The molecular formula is C60H75N11O8S3. The van der Waals surface area contributed by atoms with Crippen LogP contribution in [-0.2, 0) is 43.9 Å². The van der Waals surface area contributed by atoms with E-state index >= 15 is 0 Å². The summed E-state index contributed by atoms with van der Waals surface area (Å²) in [6.45, 7) is 14.6. The predicted octanol–water partition coefficient (Wildman–Crippen LogP) is 8.84. The van der Waals surface area contributed by atoms with Crippen molar-refractivity contribution < 1.29 is 37.5 Å². The minimum absolute atomic E-state index is 0.00971. The fraction of sp³-hybridized carbons (Fsp3) is 0.483. The zero-order valence-corrected chi connectivity index (χ0v) is 50.2. The van der Waals surface area contributed by atoms with Crippen LogP contribution in [0.2, 0.25) is 0 Å². The topological polar surface area (TPSA) is 251 Å². The van der Waals surface area contributed by atoms with Gasteiger partial charge in [-0.15, -0.1) is 22.7 Å². The van der Waals surface area contributed by atoms with Gasteiger partial charge in [-0.05, 0) is 112 Å². The van der Waals surface area contributed by atoms with E-state index in [-0.39, 0.29) is 37.4 Å². The molecule has 19 nitrogen and oxygen atoms in total. The molecule has 0 radical (unpaired) electrons. The number of likely N-dealkylation sites (tertiary alicyclic amines) is 1. The largest absolute Gasteiger partial charge is 0.391 e. The fourth-order valence-electron chi connectivity index (χ4n) is 11.3. The van der Waals surface area contributed by atoms with Crippen LogP contribution in [0.25, 0.3) is 21.6 Å². The second-order valence-electron chi connectivity index (χ2n) is 23.2. The van der Waals surface area contributed by atoms with Gasteiger partial charge in [-0.2, -0.15) is 5.10 Å². The molecule has 0 spiro atoms. The number of carbonyl (C=O) groups is 5. The molecule has 2 aliphatic heterocycles. The summed E-state index contributed by atoms with van der Waals surface area (Å²) < 4.78 is 31.8. The molecule has 4 atom stereocenters. The molecular weight excluding hydrogens is 1100 g/mol. The van der Waals surface area contributed by atoms with Crippen molar-refractivity contribution in [2.24, 2.45) is 11.3 Å². The summed E-state index contributed by atoms with van der Waals surface area (Å²) in [5, 5.41) is 26.7. The average Bonchev–Trinajstić information content (AvgIpc) is 4.39. The number of amides is 5. The third-order valence-electron chi connectivity index (χ3n) is 16.0. The Balaban J connectivity index is 0.823. The minimum atomic E-state index is -4.21. The van der Waals surface area contributed by atoms with E-state index in [1.54, 1.807) is 35.2 Å². The molecule has 1 aliphatic carbocycles. The third-order valence-corrected chi connectivity index (χ3v) is 19.1. The number of hydrogen-bond acceptors (Lipinski definition) is 15. The van der Waals surface area contributed by atoms with E-state index < -0.39 is 69.0 Å². The maximum atomic E-state index is 14.4. The molecule has 3 aliphatic rings. The van der Waals surface area contributed by atoms with Crippen LogP contribution in [0.15, 0.2) is 71.7 Å². The van der Waals surface area contributed by atoms with E-state index in [0.717, 1.165) is 63.6 Å². The van der Waals surface area contributed by atoms with E-state index in [1.165, 1.54) is 35.5 Å². The molecule has 2 aromatic carbocycles. The number of aromatic nitrogens is 5. The molecule has 82 heavy (non-hydrogen) atoms. The number of aryl methyl sites for hydroxylation is 2. The number of benzene rings is 2. The lowest BCUT2D eigenvalue weighted by Gasteiger charge is -2.35. The Morgan fingerprint density at radius 2 is 1.65 bits per heavy atom. The molecule has 6 aromatic rings. The quantitative estimate of drug-likeness (QED) is 0.0449. The van der Waals surface area contributed by atoms with Crippen LogP contribution < -0.4 is 25.6 Å². The van der Waals surface area contributed by atoms with Gasteiger partial charge < -0.3 is 25.5 Å². The predicted molar refractivity (Wildman–Crippen MR) is 319 cm³/mol. The minimum Gasteiger partial charge on any atom is -0.391 e. The van der Waals surface area contributed by atoms with Gasteiger partial charge in [-0.3, -0.25) is 34.0 Å². The lowest BCUT2D eigenvalue weighted by atomic mass is 9.85. The number of sulfonamides is 1. The Hall–Kier alpha value is -6.88. The standard InChI is InChI=1S/C60H75N11O8S3/c1-36-34-80-59(63-36)67-55(74)46-18-14-17-42-26-27-69(33-48(42)46)50-25-24-45(47-30-62-71(39(47)4)31-40-15-10-8-11-16-40)52(65-50)57(76)68-82(78,79)28-13-9-12-19-51(73)66-54(60(5,6)7)58(77)70-32-44(72)29-49(70)56(75)64-37(2)41-20-22-43(23-21-41)53-38(3)61-35-81-53/h14,17-18,20-25,30,34-35,37,40,44,49,54,72H,8-13,15-16,19,26-29,31-33H2,1-7H3,(H,64,75)(H,66,73)(H,68,76)(H,63,67,74)/t37-,44+,49-,54+/m0/s1. The smallest absolute Gasteiger partial charge is 0.284 e. The van der Waals surface area contributed by atoms with Crippen LogP contribution in [0, 0.1) is 32.1 Å². The number of rotatable bonds is 20. The average molecular weight is 1170 g/mol. The van der Waals surface area contributed by atoms with Crippen LogP contribution in [0.1, 0.15) is 153 Å². The summed E-state index contributed by atoms with van der Waals surface area (Å²) in [4.78, 5) is 87.7. The highest BCUT2D eigenvalue weighted by molar-refractivity contribution is 7.90. The number of thiazole rings is 2. The second-order valence-corrected chi connectivity index (χ2v) is 26.8. The van der Waals surface area contributed by atoms with E-state index in [4.69, 9.17) is 10.1 Å². The van der Waals surface area contributed by atoms with E-state index in [1.807, 2.05) is 106 Å². The van der Waals surface area contributed by atoms with Crippen LogP contribution in [0.3, 0.4) is 0 Å². The first-order chi connectivity index (χ1) is 39.1. The van der Waals surface area contributed by atoms with Crippen LogP contribution in [-0.4, -0.2) is 110 Å². The maximum Gasteiger partial charge on any atom is 0.284 e. The van der Waals surface area contributed by atoms with Crippen molar-refractivity contribution >= 4 is 73.2 Å². The summed E-state index contributed by atoms with van der Waals surface area (Å²) in [5.41, 5.74) is 8.89. The SMILES string of the molecule is Cc1csc(NC(=O)c2cccc3c2CN(c2ccc(-c4cnn(CC5CCCCC5)c4C)c(C(=O)NS(=O)(=O)CCCCCC(=O)N[C@H](C(=O)N4C[C@H](O)C[C@H]4C(=O)N[C@@H](C)c4ccc(-c5scnc5C)cc4)C(C)(C)C)n2)CC3)n1. The van der Waals surface area contributed by atoms with Crippen molar-refractivity contribution in [3.05, 3.63) is 117 Å². The molecule has 0 bridgehead atoms. The van der Waals surface area contributed by atoms with Crippen LogP contribution >= 0.6 is 22.7 Å². The number of carbonyl (C=O) groups excluding carboxylic acids is 5. The number of anilines is 2. The number of fused-ring (bicyclic) bond motifs is 1. The number of hydrogen-bond donors (Lipinski definition) is 5. The van der Waals surface area contributed by atoms with E-state index in [0.29, 0.717) is 65.9 Å².